The topological polar surface area (TPSA) is 17.1 Å². The molecule has 0 amide bonds. The van der Waals surface area contributed by atoms with Gasteiger partial charge in [0.25, 0.3) is 0 Å². The lowest BCUT2D eigenvalue weighted by molar-refractivity contribution is 0.803. The summed E-state index contributed by atoms with van der Waals surface area (Å²) < 4.78 is 0. The molecule has 0 heterocycles. The summed E-state index contributed by atoms with van der Waals surface area (Å²) in [4.78, 5) is 11.5. The largest absolute Gasteiger partial charge is 0.289 e. The fraction of sp³-hybridized carbons (Fsp3) is 0.308. The molecular weight excluding hydrogens is 172 g/mol. The van der Waals surface area contributed by atoms with Gasteiger partial charge >= 0.3 is 0 Å². The summed E-state index contributed by atoms with van der Waals surface area (Å²) in [5.74, 6) is 0. The summed E-state index contributed by atoms with van der Waals surface area (Å²) in [5.41, 5.74) is 3.39. The maximum atomic E-state index is 11.5. The number of unbranched alkanes of at least 4 members (excludes halogenated alkanes) is 1. The third-order valence-electron chi connectivity index (χ3n) is 2.58. The van der Waals surface area contributed by atoms with Crippen LogP contribution in [0.5, 0.6) is 0 Å². The van der Waals surface area contributed by atoms with Gasteiger partial charge in [0.15, 0.2) is 5.43 Å². The first kappa shape index (κ1) is 9.20. The molecule has 2 aromatic carbocycles. The smallest absolute Gasteiger partial charge is 0.190 e. The van der Waals surface area contributed by atoms with Crippen molar-refractivity contribution in [2.24, 2.45) is 0 Å². The minimum absolute atomic E-state index is 0.282. The fourth-order valence-electron chi connectivity index (χ4n) is 1.71. The van der Waals surface area contributed by atoms with Crippen molar-refractivity contribution < 1.29 is 0 Å². The van der Waals surface area contributed by atoms with E-state index in [-0.39, 0.29) is 5.43 Å². The van der Waals surface area contributed by atoms with Crippen molar-refractivity contribution in [3.05, 3.63) is 46.1 Å². The van der Waals surface area contributed by atoms with E-state index in [0.29, 0.717) is 0 Å². The zero-order valence-corrected chi connectivity index (χ0v) is 8.42. The van der Waals surface area contributed by atoms with Gasteiger partial charge in [-0.1, -0.05) is 43.7 Å². The molecule has 0 aliphatic heterocycles. The van der Waals surface area contributed by atoms with Crippen molar-refractivity contribution >= 4 is 0 Å². The molecule has 0 unspecified atom stereocenters. The molecule has 0 saturated carbocycles. The standard InChI is InChI=1S/C13H14O/c1-2-3-9-11-12(13(11)14)10-7-5-4-6-8-10/h4-8H,2-3,9H2,1H3. The van der Waals surface area contributed by atoms with Crippen molar-refractivity contribution in [3.8, 4) is 11.1 Å². The summed E-state index contributed by atoms with van der Waals surface area (Å²) >= 11 is 0. The summed E-state index contributed by atoms with van der Waals surface area (Å²) in [6, 6.07) is 9.94. The van der Waals surface area contributed by atoms with Crippen molar-refractivity contribution in [1.82, 2.24) is 0 Å². The Bertz CT molecular complexity index is 419. The highest BCUT2D eigenvalue weighted by Gasteiger charge is 2.21. The highest BCUT2D eigenvalue weighted by atomic mass is 16.1. The Labute approximate surface area is 84.1 Å². The van der Waals surface area contributed by atoms with Crippen LogP contribution in [0.4, 0.5) is 0 Å². The second-order valence-electron chi connectivity index (χ2n) is 3.65. The summed E-state index contributed by atoms with van der Waals surface area (Å²) in [5, 5.41) is 0. The molecule has 0 atom stereocenters. The third kappa shape index (κ3) is 1.63. The first-order chi connectivity index (χ1) is 6.84. The maximum absolute atomic E-state index is 11.5. The molecule has 0 spiro atoms. The number of hydrogen-bond acceptors (Lipinski definition) is 1. The molecule has 0 aromatic heterocycles. The number of rotatable bonds is 4. The Morgan fingerprint density at radius 2 is 1.86 bits per heavy atom. The minimum Gasteiger partial charge on any atom is -0.289 e. The highest BCUT2D eigenvalue weighted by Crippen LogP contribution is 2.25. The zero-order valence-electron chi connectivity index (χ0n) is 8.42. The van der Waals surface area contributed by atoms with E-state index in [0.717, 1.165) is 36.0 Å². The van der Waals surface area contributed by atoms with Gasteiger partial charge in [0, 0.05) is 11.1 Å². The van der Waals surface area contributed by atoms with E-state index in [9.17, 15) is 4.79 Å². The van der Waals surface area contributed by atoms with Crippen molar-refractivity contribution in [2.45, 2.75) is 26.2 Å². The second kappa shape index (κ2) is 3.79. The van der Waals surface area contributed by atoms with Crippen LogP contribution in [0.3, 0.4) is 0 Å². The van der Waals surface area contributed by atoms with Gasteiger partial charge in [-0.25, -0.2) is 0 Å². The molecule has 0 radical (unpaired) electrons. The van der Waals surface area contributed by atoms with Gasteiger partial charge in [0.2, 0.25) is 0 Å². The van der Waals surface area contributed by atoms with E-state index >= 15 is 0 Å². The third-order valence-corrected chi connectivity index (χ3v) is 2.58. The monoisotopic (exact) mass is 186 g/mol. The Kier molecular flexibility index (Phi) is 2.49. The van der Waals surface area contributed by atoms with E-state index in [1.807, 2.05) is 30.3 Å². The summed E-state index contributed by atoms with van der Waals surface area (Å²) in [6.07, 6.45) is 3.23. The Morgan fingerprint density at radius 1 is 1.14 bits per heavy atom. The van der Waals surface area contributed by atoms with Crippen molar-refractivity contribution in [1.29, 1.82) is 0 Å². The second-order valence-corrected chi connectivity index (χ2v) is 3.65. The van der Waals surface area contributed by atoms with Gasteiger partial charge in [0.05, 0.1) is 0 Å². The molecule has 72 valence electrons. The molecule has 2 rings (SSSR count). The molecule has 0 fully saturated rings. The van der Waals surface area contributed by atoms with E-state index in [2.05, 4.69) is 6.92 Å². The van der Waals surface area contributed by atoms with Gasteiger partial charge in [-0.15, -0.1) is 0 Å². The van der Waals surface area contributed by atoms with Crippen molar-refractivity contribution in [3.63, 3.8) is 0 Å². The lowest BCUT2D eigenvalue weighted by Gasteiger charge is -1.91. The Hall–Kier alpha value is -1.37. The average Bonchev–Trinajstić information content (AvgIpc) is 2.87. The molecule has 2 aromatic rings. The van der Waals surface area contributed by atoms with E-state index in [4.69, 9.17) is 0 Å². The molecule has 14 heavy (non-hydrogen) atoms. The van der Waals surface area contributed by atoms with Crippen LogP contribution >= 0.6 is 0 Å². The van der Waals surface area contributed by atoms with Gasteiger partial charge in [-0.3, -0.25) is 4.79 Å². The molecule has 1 nitrogen and oxygen atoms in total. The van der Waals surface area contributed by atoms with Crippen LogP contribution in [0.1, 0.15) is 25.3 Å². The fourth-order valence-corrected chi connectivity index (χ4v) is 1.71. The number of benzene rings is 1. The number of hydrogen-bond donors (Lipinski definition) is 0. The highest BCUT2D eigenvalue weighted by molar-refractivity contribution is 5.75. The van der Waals surface area contributed by atoms with Crippen LogP contribution in [0.2, 0.25) is 0 Å². The molecular formula is C13H14O. The van der Waals surface area contributed by atoms with Crippen LogP contribution < -0.4 is 5.43 Å². The molecule has 0 bridgehead atoms. The van der Waals surface area contributed by atoms with E-state index in [1.54, 1.807) is 0 Å². The van der Waals surface area contributed by atoms with Gasteiger partial charge < -0.3 is 0 Å². The minimum atomic E-state index is 0.282. The SMILES string of the molecule is CCCCc1c(-c2ccccc2)c1=O. The molecule has 0 aliphatic rings. The van der Waals surface area contributed by atoms with Crippen LogP contribution in [0.15, 0.2) is 35.1 Å². The molecule has 1 heteroatoms. The van der Waals surface area contributed by atoms with Crippen LogP contribution in [-0.2, 0) is 6.42 Å². The maximum Gasteiger partial charge on any atom is 0.190 e. The summed E-state index contributed by atoms with van der Waals surface area (Å²) in [7, 11) is 0. The molecule has 0 aliphatic carbocycles. The van der Waals surface area contributed by atoms with Gasteiger partial charge in [0.1, 0.15) is 0 Å². The van der Waals surface area contributed by atoms with Crippen molar-refractivity contribution in [2.75, 3.05) is 0 Å². The van der Waals surface area contributed by atoms with Gasteiger partial charge in [-0.05, 0) is 18.4 Å². The predicted molar refractivity (Wildman–Crippen MR) is 59.1 cm³/mol. The quantitative estimate of drug-likeness (QED) is 0.717. The Balaban J connectivity index is 2.15. The van der Waals surface area contributed by atoms with Crippen LogP contribution in [0, 0.1) is 0 Å². The summed E-state index contributed by atoms with van der Waals surface area (Å²) in [6.45, 7) is 2.15. The zero-order chi connectivity index (χ0) is 9.97. The average molecular weight is 186 g/mol. The van der Waals surface area contributed by atoms with Gasteiger partial charge in [-0.2, -0.15) is 0 Å². The first-order valence-corrected chi connectivity index (χ1v) is 5.18. The van der Waals surface area contributed by atoms with Crippen LogP contribution in [-0.4, -0.2) is 0 Å². The lowest BCUT2D eigenvalue weighted by atomic mass is 10.1. The van der Waals surface area contributed by atoms with E-state index in [1.165, 1.54) is 0 Å². The molecule has 0 saturated heterocycles. The van der Waals surface area contributed by atoms with E-state index < -0.39 is 0 Å². The lowest BCUT2D eigenvalue weighted by Crippen LogP contribution is -1.81. The predicted octanol–water partition coefficient (Wildman–Crippen LogP) is 2.93. The normalized spacial score (nSPS) is 10.9. The first-order valence-electron chi connectivity index (χ1n) is 5.18. The Morgan fingerprint density at radius 3 is 2.50 bits per heavy atom. The molecule has 0 N–H and O–H groups in total. The van der Waals surface area contributed by atoms with Crippen LogP contribution in [0.25, 0.3) is 11.1 Å².